The van der Waals surface area contributed by atoms with Gasteiger partial charge < -0.3 is 0 Å². The summed E-state index contributed by atoms with van der Waals surface area (Å²) in [5, 5.41) is 0. The quantitative estimate of drug-likeness (QED) is 0.233. The van der Waals surface area contributed by atoms with E-state index in [4.69, 9.17) is 6.85 Å². The Bertz CT molecular complexity index is 823. The van der Waals surface area contributed by atoms with Gasteiger partial charge in [-0.2, -0.15) is 39.5 Å². The van der Waals surface area contributed by atoms with Gasteiger partial charge in [0.25, 0.3) is 0 Å². The first kappa shape index (κ1) is 65.0. The van der Waals surface area contributed by atoms with Gasteiger partial charge in [0, 0.05) is 25.6 Å². The first-order chi connectivity index (χ1) is 28.4. The molecule has 0 nitrogen and oxygen atoms in total. The number of hydrogen-bond donors (Lipinski definition) is 0. The summed E-state index contributed by atoms with van der Waals surface area (Å²) >= 11 is 0. The Morgan fingerprint density at radius 3 is 0.763 bits per heavy atom. The van der Waals surface area contributed by atoms with Gasteiger partial charge in [0.05, 0.1) is 0 Å². The molecule has 0 radical (unpaired) electrons. The molecule has 9 heteroatoms. The van der Waals surface area contributed by atoms with Gasteiger partial charge in [-0.25, -0.2) is 0 Å². The molecular formula is C50H109F9. The van der Waals surface area contributed by atoms with Crippen LogP contribution in [-0.2, 0) is 0 Å². The van der Waals surface area contributed by atoms with E-state index in [-0.39, 0.29) is 29.5 Å². The molecule has 59 heavy (non-hydrogen) atoms. The van der Waals surface area contributed by atoms with Crippen LogP contribution in [0.2, 0.25) is 0 Å². The molecule has 0 unspecified atom stereocenters. The topological polar surface area (TPSA) is 0 Å². The van der Waals surface area contributed by atoms with Gasteiger partial charge >= 0.3 is 18.5 Å². The second kappa shape index (κ2) is 57.4. The largest absolute Gasteiger partial charge is 0.391 e. The van der Waals surface area contributed by atoms with Crippen LogP contribution in [0.25, 0.3) is 0 Å². The zero-order valence-corrected chi connectivity index (χ0v) is 43.2. The highest BCUT2D eigenvalue weighted by Crippen LogP contribution is 2.27. The third kappa shape index (κ3) is 133. The van der Waals surface area contributed by atoms with Crippen LogP contribution >= 0.6 is 0 Å². The summed E-state index contributed by atoms with van der Waals surface area (Å²) in [4.78, 5) is 0. The fourth-order valence-corrected chi connectivity index (χ4v) is 3.21. The normalized spacial score (nSPS) is 17.3. The number of unbranched alkanes of at least 4 members (excludes halogenated alkanes) is 1. The highest BCUT2D eigenvalue weighted by molar-refractivity contribution is 4.61. The molecule has 0 spiro atoms. The molecule has 0 saturated heterocycles. The molecule has 0 amide bonds. The standard InChI is InChI=1S/C7H14.2C6H11F3.C6H12.C4H7F3.4C4H10.C3H8.C2H6/c1-7-5-3-2-4-6-7;2*1-3-5(2)4-6(7,8)9;1-6-4-2-3-5-6;1-3(2)4(5,6)7;2*1-4(2)3;2*1-3-4-2;1-3-2;1-2/h7H,2-6H2,1H3;2*5H,3-4H2,1-2H3;6H,2-5H2,1H3;3H,1-2H3;2*4H,1-3H3;2*3-4H2,1-2H3;3H2,1-2H3;1-2H3/t;2*5-;;;;;;;;/m.00......../s1/i7D;;;6D;;4D;;3D2;;;. The molecule has 372 valence electrons. The number of halogens is 9. The van der Waals surface area contributed by atoms with Crippen molar-refractivity contribution in [3.63, 3.8) is 0 Å². The lowest BCUT2D eigenvalue weighted by Gasteiger charge is -2.15. The summed E-state index contributed by atoms with van der Waals surface area (Å²) < 4.78 is 138. The lowest BCUT2D eigenvalue weighted by Crippen LogP contribution is -2.15. The number of hydrogen-bond acceptors (Lipinski definition) is 0. The van der Waals surface area contributed by atoms with E-state index in [0.29, 0.717) is 19.3 Å². The molecule has 0 heterocycles. The van der Waals surface area contributed by atoms with E-state index in [2.05, 4.69) is 48.5 Å². The maximum atomic E-state index is 11.5. The maximum absolute atomic E-state index is 11.5. The third-order valence-electron chi connectivity index (χ3n) is 7.23. The fraction of sp³-hybridized carbons (Fsp3) is 1.00. The van der Waals surface area contributed by atoms with Crippen LogP contribution in [0.3, 0.4) is 0 Å². The predicted molar refractivity (Wildman–Crippen MR) is 251 cm³/mol. The molecule has 0 bridgehead atoms. The van der Waals surface area contributed by atoms with E-state index in [0.717, 1.165) is 45.4 Å². The van der Waals surface area contributed by atoms with Crippen molar-refractivity contribution in [3.8, 4) is 0 Å². The van der Waals surface area contributed by atoms with Crippen LogP contribution in [0.1, 0.15) is 275 Å². The minimum Gasteiger partial charge on any atom is -0.171 e. The molecule has 0 aromatic heterocycles. The molecule has 0 aromatic carbocycles. The van der Waals surface area contributed by atoms with E-state index in [1.165, 1.54) is 51.4 Å². The van der Waals surface area contributed by atoms with Crippen molar-refractivity contribution in [2.75, 3.05) is 0 Å². The van der Waals surface area contributed by atoms with Crippen molar-refractivity contribution in [2.24, 2.45) is 41.4 Å². The second-order valence-electron chi connectivity index (χ2n) is 16.7. The molecule has 2 saturated carbocycles. The molecule has 2 atom stereocenters. The van der Waals surface area contributed by atoms with Gasteiger partial charge in [-0.15, -0.1) is 0 Å². The van der Waals surface area contributed by atoms with Crippen LogP contribution in [0, 0.1) is 41.4 Å². The van der Waals surface area contributed by atoms with Crippen molar-refractivity contribution in [1.29, 1.82) is 0 Å². The van der Waals surface area contributed by atoms with Gasteiger partial charge in [-0.05, 0) is 35.4 Å². The van der Waals surface area contributed by atoms with Crippen LogP contribution < -0.4 is 0 Å². The minimum atomic E-state index is -4.00. The van der Waals surface area contributed by atoms with Gasteiger partial charge in [-0.1, -0.05) is 255 Å². The van der Waals surface area contributed by atoms with Gasteiger partial charge in [0.1, 0.15) is 0 Å². The van der Waals surface area contributed by atoms with Crippen LogP contribution in [0.5, 0.6) is 0 Å². The van der Waals surface area contributed by atoms with E-state index >= 15 is 0 Å². The molecule has 0 aromatic rings. The van der Waals surface area contributed by atoms with Crippen molar-refractivity contribution in [3.05, 3.63) is 0 Å². The lowest BCUT2D eigenvalue weighted by atomic mass is 9.91. The first-order valence-electron chi connectivity index (χ1n) is 25.6. The average Bonchev–Trinajstić information content (AvgIpc) is 3.51. The summed E-state index contributed by atoms with van der Waals surface area (Å²) in [5.41, 5.74) is 0. The molecule has 2 fully saturated rings. The van der Waals surface area contributed by atoms with Crippen molar-refractivity contribution < 1.29 is 46.4 Å². The highest BCUT2D eigenvalue weighted by atomic mass is 19.4. The molecule has 2 rings (SSSR count). The van der Waals surface area contributed by atoms with Crippen molar-refractivity contribution in [1.82, 2.24) is 0 Å². The molecule has 2 aliphatic rings. The van der Waals surface area contributed by atoms with E-state index in [1.807, 2.05) is 55.4 Å². The summed E-state index contributed by atoms with van der Waals surface area (Å²) in [6, 6.07) is 0. The Kier molecular flexibility index (Phi) is 63.2. The monoisotopic (exact) mass is 886 g/mol. The lowest BCUT2D eigenvalue weighted by molar-refractivity contribution is -0.164. The van der Waals surface area contributed by atoms with Crippen molar-refractivity contribution >= 4 is 0 Å². The van der Waals surface area contributed by atoms with Gasteiger partial charge in [0.2, 0.25) is 0 Å². The predicted octanol–water partition coefficient (Wildman–Crippen LogP) is 22.3. The second-order valence-corrected chi connectivity index (χ2v) is 16.7. The smallest absolute Gasteiger partial charge is 0.171 e. The van der Waals surface area contributed by atoms with Crippen LogP contribution in [-0.4, -0.2) is 18.5 Å². The molecular weight excluding hydrogens is 772 g/mol. The Hall–Kier alpha value is -0.630. The van der Waals surface area contributed by atoms with E-state index in [1.54, 1.807) is 34.6 Å². The summed E-state index contributed by atoms with van der Waals surface area (Å²) in [5.74, 6) is -1.21. The number of alkyl halides is 9. The van der Waals surface area contributed by atoms with E-state index < -0.39 is 43.7 Å². The molecule has 2 aliphatic carbocycles. The van der Waals surface area contributed by atoms with Gasteiger partial charge in [0.15, 0.2) is 0 Å². The number of rotatable bonds is 6. The summed E-state index contributed by atoms with van der Waals surface area (Å²) in [6.07, 6.45) is 2.42. The molecule has 0 aliphatic heterocycles. The van der Waals surface area contributed by atoms with E-state index in [9.17, 15) is 39.5 Å². The summed E-state index contributed by atoms with van der Waals surface area (Å²) in [7, 11) is 0. The van der Waals surface area contributed by atoms with Crippen LogP contribution in [0.4, 0.5) is 39.5 Å². The zero-order valence-electron chi connectivity index (χ0n) is 48.2. The zero-order chi connectivity index (χ0) is 53.8. The Balaban J connectivity index is -0.0000000758. The first-order valence-corrected chi connectivity index (χ1v) is 23.1. The fourth-order valence-electron chi connectivity index (χ4n) is 3.21. The Labute approximate surface area is 373 Å². The Morgan fingerprint density at radius 1 is 0.508 bits per heavy atom. The SMILES string of the molecule is CC.CC(C)C.CC(C)C(F)(F)F.CCC.CCCC.CC[C@H](C)CC(F)(F)F.CC[C@H](C)CC(F)(F)F.[2H]C(C)(C)C.[2H]C([2H])(C)CC.[2H]C1(C)CCCC1.[2H]C1(C)CCCCC1. The van der Waals surface area contributed by atoms with Crippen LogP contribution in [0.15, 0.2) is 0 Å². The Morgan fingerprint density at radius 2 is 0.695 bits per heavy atom. The minimum absolute atomic E-state index is 0.0556. The summed E-state index contributed by atoms with van der Waals surface area (Å²) in [6.45, 7) is 41.1. The van der Waals surface area contributed by atoms with Gasteiger partial charge in [-0.3, -0.25) is 0 Å². The maximum Gasteiger partial charge on any atom is 0.391 e. The average molecular weight is 886 g/mol. The highest BCUT2D eigenvalue weighted by Gasteiger charge is 2.32. The third-order valence-corrected chi connectivity index (χ3v) is 7.23. The van der Waals surface area contributed by atoms with Crippen molar-refractivity contribution in [2.45, 2.75) is 286 Å². The molecule has 0 N–H and O–H groups in total.